The van der Waals surface area contributed by atoms with E-state index in [0.29, 0.717) is 13.0 Å². The van der Waals surface area contributed by atoms with Crippen molar-refractivity contribution in [3.8, 4) is 0 Å². The lowest BCUT2D eigenvalue weighted by atomic mass is 9.93. The third-order valence-corrected chi connectivity index (χ3v) is 7.18. The van der Waals surface area contributed by atoms with Crippen molar-refractivity contribution < 1.29 is 14.4 Å². The fraction of sp³-hybridized carbons (Fsp3) is 0.708. The second kappa shape index (κ2) is 9.80. The van der Waals surface area contributed by atoms with Crippen LogP contribution >= 0.6 is 0 Å². The molecule has 4 aliphatic rings. The molecule has 0 aromatic rings. The molecule has 0 aromatic heterocycles. The molecule has 4 rings (SSSR count). The summed E-state index contributed by atoms with van der Waals surface area (Å²) in [7, 11) is 0. The molecule has 1 atom stereocenters. The van der Waals surface area contributed by atoms with Crippen LogP contribution in [-0.2, 0) is 9.59 Å². The van der Waals surface area contributed by atoms with E-state index in [1.165, 1.54) is 11.3 Å². The first-order valence-electron chi connectivity index (χ1n) is 11.9. The predicted molar refractivity (Wildman–Crippen MR) is 116 cm³/mol. The third-order valence-electron chi connectivity index (χ3n) is 7.18. The Hall–Kier alpha value is -2.11. The van der Waals surface area contributed by atoms with Crippen LogP contribution in [0, 0.1) is 5.92 Å². The maximum atomic E-state index is 13.7. The first kappa shape index (κ1) is 21.1. The van der Waals surface area contributed by atoms with E-state index in [1.54, 1.807) is 4.90 Å². The maximum Gasteiger partial charge on any atom is 0.324 e. The minimum absolute atomic E-state index is 0.0212. The van der Waals surface area contributed by atoms with Crippen LogP contribution in [0.25, 0.3) is 0 Å². The van der Waals surface area contributed by atoms with Gasteiger partial charge in [-0.2, -0.15) is 0 Å². The van der Waals surface area contributed by atoms with Crippen LogP contribution < -0.4 is 5.32 Å². The molecular formula is C24H35N3O3. The summed E-state index contributed by atoms with van der Waals surface area (Å²) in [5.41, 5.74) is 0. The molecule has 1 unspecified atom stereocenters. The van der Waals surface area contributed by atoms with Crippen molar-refractivity contribution in [2.75, 3.05) is 6.54 Å². The van der Waals surface area contributed by atoms with E-state index in [0.717, 1.165) is 64.2 Å². The molecule has 0 bridgehead atoms. The lowest BCUT2D eigenvalue weighted by molar-refractivity contribution is -0.144. The fourth-order valence-corrected chi connectivity index (χ4v) is 5.51. The quantitative estimate of drug-likeness (QED) is 0.759. The number of nitrogens with one attached hydrogen (secondary N) is 1. The second-order valence-electron chi connectivity index (χ2n) is 9.27. The van der Waals surface area contributed by atoms with Gasteiger partial charge in [0, 0.05) is 18.6 Å². The number of hydrogen-bond acceptors (Lipinski definition) is 3. The summed E-state index contributed by atoms with van der Waals surface area (Å²) in [5.74, 6) is -0.475. The van der Waals surface area contributed by atoms with Gasteiger partial charge in [-0.1, -0.05) is 62.8 Å². The number of amides is 4. The summed E-state index contributed by atoms with van der Waals surface area (Å²) in [6.07, 6.45) is 19.4. The molecule has 0 aromatic carbocycles. The number of hydrogen-bond donors (Lipinski definition) is 1. The normalized spacial score (nSPS) is 25.6. The Morgan fingerprint density at radius 1 is 0.800 bits per heavy atom. The summed E-state index contributed by atoms with van der Waals surface area (Å²) in [6, 6.07) is -0.628. The van der Waals surface area contributed by atoms with Crippen LogP contribution in [0.4, 0.5) is 4.79 Å². The minimum Gasteiger partial charge on any atom is -0.335 e. The highest BCUT2D eigenvalue weighted by Gasteiger charge is 2.42. The molecule has 4 amide bonds. The zero-order valence-corrected chi connectivity index (χ0v) is 17.9. The van der Waals surface area contributed by atoms with Gasteiger partial charge in [-0.15, -0.1) is 0 Å². The number of rotatable bonds is 4. The predicted octanol–water partition coefficient (Wildman–Crippen LogP) is 3.92. The lowest BCUT2D eigenvalue weighted by Crippen LogP contribution is -2.58. The summed E-state index contributed by atoms with van der Waals surface area (Å²) in [5, 5.41) is 3.16. The van der Waals surface area contributed by atoms with Crippen molar-refractivity contribution in [3.05, 3.63) is 24.3 Å². The van der Waals surface area contributed by atoms with E-state index < -0.39 is 6.04 Å². The van der Waals surface area contributed by atoms with Crippen LogP contribution in [0.2, 0.25) is 0 Å². The first-order chi connectivity index (χ1) is 14.6. The zero-order valence-electron chi connectivity index (χ0n) is 17.9. The Bertz CT molecular complexity index is 692. The smallest absolute Gasteiger partial charge is 0.324 e. The Morgan fingerprint density at radius 2 is 1.43 bits per heavy atom. The molecule has 6 nitrogen and oxygen atoms in total. The molecule has 164 valence electrons. The molecule has 1 N–H and O–H groups in total. The Balaban J connectivity index is 1.50. The van der Waals surface area contributed by atoms with E-state index >= 15 is 0 Å². The monoisotopic (exact) mass is 413 g/mol. The number of carbonyl (C=O) groups excluding carboxylic acids is 3. The Morgan fingerprint density at radius 3 is 2.10 bits per heavy atom. The zero-order chi connectivity index (χ0) is 20.9. The SMILES string of the molecule is O=C(C1C=CC=C1)N1CCCC1C(=O)N(C(=O)NC1CCCCC1)C1CCCCC1. The highest BCUT2D eigenvalue weighted by molar-refractivity contribution is 6.00. The molecule has 30 heavy (non-hydrogen) atoms. The van der Waals surface area contributed by atoms with Gasteiger partial charge >= 0.3 is 6.03 Å². The Labute approximate surface area is 179 Å². The first-order valence-corrected chi connectivity index (χ1v) is 11.9. The average Bonchev–Trinajstić information content (AvgIpc) is 3.47. The van der Waals surface area contributed by atoms with E-state index in [1.807, 2.05) is 24.3 Å². The summed E-state index contributed by atoms with van der Waals surface area (Å²) in [6.45, 7) is 0.593. The van der Waals surface area contributed by atoms with Crippen molar-refractivity contribution in [1.82, 2.24) is 15.1 Å². The summed E-state index contributed by atoms with van der Waals surface area (Å²) < 4.78 is 0. The molecule has 6 heteroatoms. The molecule has 1 aliphatic heterocycles. The number of imide groups is 1. The molecule has 1 saturated heterocycles. The van der Waals surface area contributed by atoms with Crippen molar-refractivity contribution in [1.29, 1.82) is 0 Å². The third kappa shape index (κ3) is 4.62. The van der Waals surface area contributed by atoms with Gasteiger partial charge in [0.1, 0.15) is 6.04 Å². The van der Waals surface area contributed by atoms with Gasteiger partial charge in [0.2, 0.25) is 5.91 Å². The topological polar surface area (TPSA) is 69.7 Å². The van der Waals surface area contributed by atoms with Gasteiger partial charge in [0.05, 0.1) is 5.92 Å². The van der Waals surface area contributed by atoms with E-state index in [4.69, 9.17) is 0 Å². The van der Waals surface area contributed by atoms with Crippen molar-refractivity contribution >= 4 is 17.8 Å². The number of urea groups is 1. The number of carbonyl (C=O) groups is 3. The van der Waals surface area contributed by atoms with Crippen molar-refractivity contribution in [3.63, 3.8) is 0 Å². The van der Waals surface area contributed by atoms with Gasteiger partial charge in [0.15, 0.2) is 0 Å². The van der Waals surface area contributed by atoms with Crippen molar-refractivity contribution in [2.45, 2.75) is 95.2 Å². The van der Waals surface area contributed by atoms with E-state index in [9.17, 15) is 14.4 Å². The number of likely N-dealkylation sites (tertiary alicyclic amines) is 1. The van der Waals surface area contributed by atoms with E-state index in [2.05, 4.69) is 5.32 Å². The van der Waals surface area contributed by atoms with Crippen LogP contribution in [-0.4, -0.2) is 52.3 Å². The minimum atomic E-state index is -0.515. The van der Waals surface area contributed by atoms with Gasteiger partial charge in [0.25, 0.3) is 5.91 Å². The standard InChI is InChI=1S/C24H35N3O3/c28-22(18-10-7-8-11-18)26-17-9-16-21(26)23(29)27(20-14-5-2-6-15-20)24(30)25-19-12-3-1-4-13-19/h7-8,10-11,18-21H,1-6,9,12-17H2,(H,25,30). The van der Waals surface area contributed by atoms with Crippen LogP contribution in [0.1, 0.15) is 77.0 Å². The average molecular weight is 414 g/mol. The van der Waals surface area contributed by atoms with Gasteiger partial charge in [-0.05, 0) is 38.5 Å². The summed E-state index contributed by atoms with van der Waals surface area (Å²) >= 11 is 0. The number of allylic oxidation sites excluding steroid dienone is 2. The van der Waals surface area contributed by atoms with E-state index in [-0.39, 0.29) is 35.8 Å². The lowest BCUT2D eigenvalue weighted by Gasteiger charge is -2.37. The molecule has 3 fully saturated rings. The molecule has 2 saturated carbocycles. The largest absolute Gasteiger partial charge is 0.335 e. The Kier molecular flexibility index (Phi) is 6.90. The van der Waals surface area contributed by atoms with Gasteiger partial charge < -0.3 is 10.2 Å². The molecule has 3 aliphatic carbocycles. The molecule has 1 heterocycles. The fourth-order valence-electron chi connectivity index (χ4n) is 5.51. The van der Waals surface area contributed by atoms with Crippen LogP contribution in [0.5, 0.6) is 0 Å². The molecule has 0 radical (unpaired) electrons. The van der Waals surface area contributed by atoms with Crippen LogP contribution in [0.3, 0.4) is 0 Å². The molecule has 0 spiro atoms. The highest BCUT2D eigenvalue weighted by atomic mass is 16.2. The highest BCUT2D eigenvalue weighted by Crippen LogP contribution is 2.29. The summed E-state index contributed by atoms with van der Waals surface area (Å²) in [4.78, 5) is 43.2. The molecular weight excluding hydrogens is 378 g/mol. The van der Waals surface area contributed by atoms with Gasteiger partial charge in [-0.3, -0.25) is 14.5 Å². The van der Waals surface area contributed by atoms with Crippen molar-refractivity contribution in [2.24, 2.45) is 5.92 Å². The van der Waals surface area contributed by atoms with Crippen LogP contribution in [0.15, 0.2) is 24.3 Å². The second-order valence-corrected chi connectivity index (χ2v) is 9.27. The maximum absolute atomic E-state index is 13.7. The number of nitrogens with zero attached hydrogens (tertiary/aromatic N) is 2. The van der Waals surface area contributed by atoms with Gasteiger partial charge in [-0.25, -0.2) is 4.79 Å².